The van der Waals surface area contributed by atoms with Crippen LogP contribution in [0.2, 0.25) is 0 Å². The van der Waals surface area contributed by atoms with E-state index in [0.29, 0.717) is 12.1 Å². The summed E-state index contributed by atoms with van der Waals surface area (Å²) >= 11 is 0. The summed E-state index contributed by atoms with van der Waals surface area (Å²) in [6.45, 7) is 0.638. The van der Waals surface area contributed by atoms with Gasteiger partial charge in [-0.1, -0.05) is 49.6 Å². The SMILES string of the molecule is Cn1cc(C(=O)NCC2(c3ccccc3)CCCCC2)ccc1=O. The molecule has 0 spiro atoms. The van der Waals surface area contributed by atoms with Crippen molar-refractivity contribution in [1.82, 2.24) is 9.88 Å². The van der Waals surface area contributed by atoms with Gasteiger partial charge in [-0.15, -0.1) is 0 Å². The van der Waals surface area contributed by atoms with E-state index in [1.54, 1.807) is 19.3 Å². The molecule has 1 saturated carbocycles. The Morgan fingerprint density at radius 2 is 1.79 bits per heavy atom. The van der Waals surface area contributed by atoms with Crippen LogP contribution in [0.4, 0.5) is 0 Å². The lowest BCUT2D eigenvalue weighted by molar-refractivity contribution is 0.0936. The smallest absolute Gasteiger partial charge is 0.252 e. The summed E-state index contributed by atoms with van der Waals surface area (Å²) in [7, 11) is 1.66. The molecule has 0 saturated heterocycles. The number of pyridine rings is 1. The summed E-state index contributed by atoms with van der Waals surface area (Å²) < 4.78 is 1.43. The highest BCUT2D eigenvalue weighted by molar-refractivity contribution is 5.93. The van der Waals surface area contributed by atoms with Gasteiger partial charge in [0.25, 0.3) is 5.91 Å². The van der Waals surface area contributed by atoms with Crippen molar-refractivity contribution in [3.63, 3.8) is 0 Å². The Labute approximate surface area is 142 Å². The topological polar surface area (TPSA) is 51.1 Å². The van der Waals surface area contributed by atoms with Crippen LogP contribution in [0.3, 0.4) is 0 Å². The minimum absolute atomic E-state index is 0.0236. The molecule has 1 amide bonds. The van der Waals surface area contributed by atoms with Gasteiger partial charge in [-0.2, -0.15) is 0 Å². The molecule has 1 aliphatic carbocycles. The fraction of sp³-hybridized carbons (Fsp3) is 0.400. The van der Waals surface area contributed by atoms with Gasteiger partial charge in [0.05, 0.1) is 5.56 Å². The molecular formula is C20H24N2O2. The van der Waals surface area contributed by atoms with Crippen LogP contribution in [0.5, 0.6) is 0 Å². The molecule has 1 fully saturated rings. The predicted molar refractivity (Wildman–Crippen MR) is 95.2 cm³/mol. The highest BCUT2D eigenvalue weighted by Crippen LogP contribution is 2.38. The minimum atomic E-state index is -0.119. The van der Waals surface area contributed by atoms with E-state index in [2.05, 4.69) is 29.6 Å². The first-order chi connectivity index (χ1) is 11.6. The number of aromatic nitrogens is 1. The second-order valence-corrected chi connectivity index (χ2v) is 6.76. The quantitative estimate of drug-likeness (QED) is 0.940. The maximum absolute atomic E-state index is 12.5. The molecule has 2 aromatic rings. The number of aryl methyl sites for hydroxylation is 1. The lowest BCUT2D eigenvalue weighted by atomic mass is 9.69. The number of hydrogen-bond donors (Lipinski definition) is 1. The second-order valence-electron chi connectivity index (χ2n) is 6.76. The molecular weight excluding hydrogens is 300 g/mol. The average Bonchev–Trinajstić information content (AvgIpc) is 2.63. The third-order valence-electron chi connectivity index (χ3n) is 5.13. The summed E-state index contributed by atoms with van der Waals surface area (Å²) in [5.41, 5.74) is 1.75. The first-order valence-electron chi connectivity index (χ1n) is 8.61. The zero-order valence-corrected chi connectivity index (χ0v) is 14.1. The van der Waals surface area contributed by atoms with Crippen LogP contribution in [0.25, 0.3) is 0 Å². The van der Waals surface area contributed by atoms with Crippen LogP contribution in [0.1, 0.15) is 48.0 Å². The molecule has 0 radical (unpaired) electrons. The van der Waals surface area contributed by atoms with Crippen molar-refractivity contribution >= 4 is 5.91 Å². The summed E-state index contributed by atoms with van der Waals surface area (Å²) in [6, 6.07) is 13.5. The fourth-order valence-electron chi connectivity index (χ4n) is 3.67. The Balaban J connectivity index is 1.77. The molecule has 0 atom stereocenters. The molecule has 0 bridgehead atoms. The standard InChI is InChI=1S/C20H24N2O2/c1-22-14-16(10-11-18(22)23)19(24)21-15-20(12-6-3-7-13-20)17-8-4-2-5-9-17/h2,4-5,8-11,14H,3,6-7,12-13,15H2,1H3,(H,21,24). The highest BCUT2D eigenvalue weighted by Gasteiger charge is 2.34. The Morgan fingerprint density at radius 1 is 1.08 bits per heavy atom. The Bertz CT molecular complexity index is 759. The molecule has 24 heavy (non-hydrogen) atoms. The van der Waals surface area contributed by atoms with E-state index >= 15 is 0 Å². The maximum atomic E-state index is 12.5. The molecule has 1 aromatic carbocycles. The van der Waals surface area contributed by atoms with E-state index in [4.69, 9.17) is 0 Å². The van der Waals surface area contributed by atoms with E-state index < -0.39 is 0 Å². The fourth-order valence-corrected chi connectivity index (χ4v) is 3.67. The molecule has 4 heteroatoms. The molecule has 1 aliphatic rings. The predicted octanol–water partition coefficient (Wildman–Crippen LogP) is 3.02. The van der Waals surface area contributed by atoms with Crippen molar-refractivity contribution in [2.45, 2.75) is 37.5 Å². The molecule has 1 heterocycles. The monoisotopic (exact) mass is 324 g/mol. The zero-order valence-electron chi connectivity index (χ0n) is 14.1. The lowest BCUT2D eigenvalue weighted by Gasteiger charge is -2.38. The van der Waals surface area contributed by atoms with Gasteiger partial charge in [0.1, 0.15) is 0 Å². The van der Waals surface area contributed by atoms with E-state index in [9.17, 15) is 9.59 Å². The largest absolute Gasteiger partial charge is 0.351 e. The second kappa shape index (κ2) is 7.04. The highest BCUT2D eigenvalue weighted by atomic mass is 16.2. The molecule has 1 aromatic heterocycles. The number of benzene rings is 1. The van der Waals surface area contributed by atoms with Crippen LogP contribution in [-0.2, 0) is 12.5 Å². The van der Waals surface area contributed by atoms with Crippen molar-refractivity contribution in [3.05, 3.63) is 70.1 Å². The zero-order chi connectivity index (χ0) is 17.0. The third kappa shape index (κ3) is 3.42. The van der Waals surface area contributed by atoms with E-state index in [1.165, 1.54) is 35.5 Å². The van der Waals surface area contributed by atoms with Crippen LogP contribution in [-0.4, -0.2) is 17.0 Å². The number of amides is 1. The van der Waals surface area contributed by atoms with E-state index in [-0.39, 0.29) is 16.9 Å². The molecule has 4 nitrogen and oxygen atoms in total. The van der Waals surface area contributed by atoms with Crippen molar-refractivity contribution in [2.75, 3.05) is 6.54 Å². The Kier molecular flexibility index (Phi) is 4.84. The van der Waals surface area contributed by atoms with Gasteiger partial charge in [0.2, 0.25) is 5.56 Å². The van der Waals surface area contributed by atoms with Crippen LogP contribution >= 0.6 is 0 Å². The minimum Gasteiger partial charge on any atom is -0.351 e. The summed E-state index contributed by atoms with van der Waals surface area (Å²) in [4.78, 5) is 24.0. The van der Waals surface area contributed by atoms with Gasteiger partial charge >= 0.3 is 0 Å². The van der Waals surface area contributed by atoms with Crippen LogP contribution < -0.4 is 10.9 Å². The van der Waals surface area contributed by atoms with Gasteiger partial charge in [-0.25, -0.2) is 0 Å². The van der Waals surface area contributed by atoms with Crippen LogP contribution in [0, 0.1) is 0 Å². The summed E-state index contributed by atoms with van der Waals surface area (Å²) in [5, 5.41) is 3.10. The number of carbonyl (C=O) groups excluding carboxylic acids is 1. The first-order valence-corrected chi connectivity index (χ1v) is 8.61. The Morgan fingerprint density at radius 3 is 2.46 bits per heavy atom. The number of nitrogens with zero attached hydrogens (tertiary/aromatic N) is 1. The first kappa shape index (κ1) is 16.5. The van der Waals surface area contributed by atoms with Crippen molar-refractivity contribution in [3.8, 4) is 0 Å². The molecule has 1 N–H and O–H groups in total. The van der Waals surface area contributed by atoms with Crippen molar-refractivity contribution in [1.29, 1.82) is 0 Å². The normalized spacial score (nSPS) is 16.5. The van der Waals surface area contributed by atoms with Crippen molar-refractivity contribution < 1.29 is 4.79 Å². The molecule has 0 unspecified atom stereocenters. The number of nitrogens with one attached hydrogen (secondary N) is 1. The van der Waals surface area contributed by atoms with Gasteiger partial charge < -0.3 is 9.88 Å². The van der Waals surface area contributed by atoms with Gasteiger partial charge in [-0.05, 0) is 24.5 Å². The van der Waals surface area contributed by atoms with E-state index in [1.807, 2.05) is 6.07 Å². The maximum Gasteiger partial charge on any atom is 0.252 e. The van der Waals surface area contributed by atoms with Gasteiger partial charge in [-0.3, -0.25) is 9.59 Å². The number of rotatable bonds is 4. The molecule has 0 aliphatic heterocycles. The van der Waals surface area contributed by atoms with Gasteiger partial charge in [0, 0.05) is 31.3 Å². The van der Waals surface area contributed by atoms with Crippen LogP contribution in [0.15, 0.2) is 53.5 Å². The van der Waals surface area contributed by atoms with Gasteiger partial charge in [0.15, 0.2) is 0 Å². The number of carbonyl (C=O) groups is 1. The third-order valence-corrected chi connectivity index (χ3v) is 5.13. The van der Waals surface area contributed by atoms with E-state index in [0.717, 1.165) is 12.8 Å². The average molecular weight is 324 g/mol. The summed E-state index contributed by atoms with van der Waals surface area (Å²) in [6.07, 6.45) is 7.46. The molecule has 126 valence electrons. The lowest BCUT2D eigenvalue weighted by Crippen LogP contribution is -2.42. The Hall–Kier alpha value is -2.36. The number of hydrogen-bond acceptors (Lipinski definition) is 2. The molecule has 3 rings (SSSR count). The summed E-state index contributed by atoms with van der Waals surface area (Å²) in [5.74, 6) is -0.119. The van der Waals surface area contributed by atoms with Crippen molar-refractivity contribution in [2.24, 2.45) is 7.05 Å².